The largest absolute Gasteiger partial charge is 0.369 e. The van der Waals surface area contributed by atoms with Crippen molar-refractivity contribution >= 4 is 23.9 Å². The van der Waals surface area contributed by atoms with E-state index in [1.165, 1.54) is 18.3 Å². The summed E-state index contributed by atoms with van der Waals surface area (Å²) in [5, 5.41) is 16.7. The molecule has 16 heavy (non-hydrogen) atoms. The van der Waals surface area contributed by atoms with Crippen molar-refractivity contribution in [3.05, 3.63) is 28.4 Å². The van der Waals surface area contributed by atoms with Gasteiger partial charge in [-0.3, -0.25) is 10.1 Å². The number of nitrogens with zero attached hydrogens (tertiary/aromatic N) is 2. The fraction of sp³-hybridized carbons (Fsp3) is 0.444. The highest BCUT2D eigenvalue weighted by atomic mass is 35.5. The molecule has 1 aliphatic heterocycles. The molecule has 1 aromatic heterocycles. The third-order valence-electron chi connectivity index (χ3n) is 2.39. The van der Waals surface area contributed by atoms with E-state index in [9.17, 15) is 10.1 Å². The van der Waals surface area contributed by atoms with Crippen LogP contribution in [0.1, 0.15) is 0 Å². The Morgan fingerprint density at radius 1 is 1.62 bits per heavy atom. The average Bonchev–Trinajstić information content (AvgIpc) is 2.16. The van der Waals surface area contributed by atoms with Crippen LogP contribution in [0.2, 0.25) is 0 Å². The maximum absolute atomic E-state index is 10.5. The number of rotatable bonds is 4. The van der Waals surface area contributed by atoms with Crippen LogP contribution in [-0.2, 0) is 0 Å². The van der Waals surface area contributed by atoms with Crippen LogP contribution in [-0.4, -0.2) is 29.5 Å². The minimum Gasteiger partial charge on any atom is -0.369 e. The predicted molar refractivity (Wildman–Crippen MR) is 63.0 cm³/mol. The van der Waals surface area contributed by atoms with Gasteiger partial charge in [-0.1, -0.05) is 0 Å². The number of hydrogen-bond acceptors (Lipinski definition) is 5. The van der Waals surface area contributed by atoms with Gasteiger partial charge in [-0.05, 0) is 0 Å². The van der Waals surface area contributed by atoms with Crippen molar-refractivity contribution in [3.63, 3.8) is 0 Å². The van der Waals surface area contributed by atoms with Gasteiger partial charge in [-0.15, -0.1) is 12.4 Å². The van der Waals surface area contributed by atoms with Gasteiger partial charge in [-0.25, -0.2) is 4.98 Å². The second kappa shape index (κ2) is 5.62. The van der Waals surface area contributed by atoms with Gasteiger partial charge in [0.1, 0.15) is 5.82 Å². The molecule has 0 bridgehead atoms. The zero-order valence-corrected chi connectivity index (χ0v) is 9.37. The summed E-state index contributed by atoms with van der Waals surface area (Å²) in [4.78, 5) is 14.1. The molecule has 0 atom stereocenters. The molecule has 1 aliphatic rings. The van der Waals surface area contributed by atoms with Crippen LogP contribution in [0.25, 0.3) is 0 Å². The summed E-state index contributed by atoms with van der Waals surface area (Å²) in [5.41, 5.74) is 0.0687. The van der Waals surface area contributed by atoms with Crippen LogP contribution in [0.3, 0.4) is 0 Å². The predicted octanol–water partition coefficient (Wildman–Crippen LogP) is 1.04. The van der Waals surface area contributed by atoms with Crippen LogP contribution in [0.4, 0.5) is 11.5 Å². The lowest BCUT2D eigenvalue weighted by atomic mass is 10.0. The van der Waals surface area contributed by atoms with E-state index < -0.39 is 4.92 Å². The second-order valence-corrected chi connectivity index (χ2v) is 3.56. The van der Waals surface area contributed by atoms with Crippen LogP contribution in [0.5, 0.6) is 0 Å². The van der Waals surface area contributed by atoms with Crippen LogP contribution in [0.15, 0.2) is 18.3 Å². The molecule has 1 fully saturated rings. The van der Waals surface area contributed by atoms with Gasteiger partial charge in [-0.2, -0.15) is 0 Å². The van der Waals surface area contributed by atoms with E-state index in [4.69, 9.17) is 0 Å². The molecule has 88 valence electrons. The normalized spacial score (nSPS) is 14.8. The number of pyridine rings is 1. The Morgan fingerprint density at radius 2 is 2.38 bits per heavy atom. The molecule has 1 saturated heterocycles. The van der Waals surface area contributed by atoms with Gasteiger partial charge in [0, 0.05) is 37.8 Å². The molecule has 0 saturated carbocycles. The molecule has 0 spiro atoms. The fourth-order valence-electron chi connectivity index (χ4n) is 1.37. The van der Waals surface area contributed by atoms with Crippen molar-refractivity contribution in [1.82, 2.24) is 10.3 Å². The summed E-state index contributed by atoms with van der Waals surface area (Å²) in [5.74, 6) is 1.17. The summed E-state index contributed by atoms with van der Waals surface area (Å²) in [6.07, 6.45) is 1.44. The molecule has 0 unspecified atom stereocenters. The van der Waals surface area contributed by atoms with Crippen molar-refractivity contribution in [2.24, 2.45) is 5.92 Å². The van der Waals surface area contributed by atoms with E-state index in [1.807, 2.05) is 0 Å². The molecule has 1 aromatic rings. The molecule has 7 heteroatoms. The van der Waals surface area contributed by atoms with Crippen molar-refractivity contribution in [3.8, 4) is 0 Å². The third-order valence-corrected chi connectivity index (χ3v) is 2.39. The quantitative estimate of drug-likeness (QED) is 0.611. The van der Waals surface area contributed by atoms with Gasteiger partial charge in [0.25, 0.3) is 5.69 Å². The topological polar surface area (TPSA) is 80.1 Å². The maximum atomic E-state index is 10.5. The first-order valence-electron chi connectivity index (χ1n) is 4.81. The molecule has 2 heterocycles. The molecular weight excluding hydrogens is 232 g/mol. The first kappa shape index (κ1) is 12.7. The van der Waals surface area contributed by atoms with Gasteiger partial charge in [0.15, 0.2) is 0 Å². The number of anilines is 1. The number of nitro groups is 1. The van der Waals surface area contributed by atoms with E-state index in [0.29, 0.717) is 11.7 Å². The van der Waals surface area contributed by atoms with Gasteiger partial charge < -0.3 is 10.6 Å². The summed E-state index contributed by atoms with van der Waals surface area (Å²) < 4.78 is 0. The monoisotopic (exact) mass is 244 g/mol. The van der Waals surface area contributed by atoms with Gasteiger partial charge in [0.2, 0.25) is 0 Å². The highest BCUT2D eigenvalue weighted by molar-refractivity contribution is 5.85. The van der Waals surface area contributed by atoms with Crippen LogP contribution >= 0.6 is 12.4 Å². The smallest absolute Gasteiger partial charge is 0.274 e. The molecule has 2 N–H and O–H groups in total. The Morgan fingerprint density at radius 3 is 2.94 bits per heavy atom. The van der Waals surface area contributed by atoms with Gasteiger partial charge >= 0.3 is 0 Å². The number of nitrogens with one attached hydrogen (secondary N) is 2. The zero-order valence-electron chi connectivity index (χ0n) is 8.55. The summed E-state index contributed by atoms with van der Waals surface area (Å²) in [6, 6.07) is 2.84. The van der Waals surface area contributed by atoms with E-state index >= 15 is 0 Å². The lowest BCUT2D eigenvalue weighted by Gasteiger charge is -2.27. The molecule has 0 aliphatic carbocycles. The van der Waals surface area contributed by atoms with Crippen molar-refractivity contribution < 1.29 is 4.92 Å². The summed E-state index contributed by atoms with van der Waals surface area (Å²) >= 11 is 0. The SMILES string of the molecule is Cl.O=[N+]([O-])c1ccnc(NCC2CNC2)c1. The minimum atomic E-state index is -0.419. The van der Waals surface area contributed by atoms with E-state index in [2.05, 4.69) is 15.6 Å². The van der Waals surface area contributed by atoms with Gasteiger partial charge in [0.05, 0.1) is 11.0 Å². The van der Waals surface area contributed by atoms with Crippen molar-refractivity contribution in [2.75, 3.05) is 25.0 Å². The Balaban J connectivity index is 0.00000128. The van der Waals surface area contributed by atoms with E-state index in [0.717, 1.165) is 19.6 Å². The summed E-state index contributed by atoms with van der Waals surface area (Å²) in [7, 11) is 0. The number of hydrogen-bond donors (Lipinski definition) is 2. The van der Waals surface area contributed by atoms with Crippen molar-refractivity contribution in [2.45, 2.75) is 0 Å². The molecule has 6 nitrogen and oxygen atoms in total. The molecular formula is C9H13ClN4O2. The Hall–Kier alpha value is -1.40. The summed E-state index contributed by atoms with van der Waals surface area (Å²) in [6.45, 7) is 2.81. The van der Waals surface area contributed by atoms with E-state index in [-0.39, 0.29) is 18.1 Å². The average molecular weight is 245 g/mol. The number of halogens is 1. The maximum Gasteiger partial charge on any atom is 0.274 e. The molecule has 0 aromatic carbocycles. The Labute approximate surface area is 99.0 Å². The van der Waals surface area contributed by atoms with Crippen LogP contribution in [0, 0.1) is 16.0 Å². The van der Waals surface area contributed by atoms with E-state index in [1.54, 1.807) is 0 Å². The Bertz CT molecular complexity index is 370. The first-order valence-corrected chi connectivity index (χ1v) is 4.81. The van der Waals surface area contributed by atoms with Crippen LogP contribution < -0.4 is 10.6 Å². The molecule has 0 amide bonds. The highest BCUT2D eigenvalue weighted by Gasteiger charge is 2.16. The lowest BCUT2D eigenvalue weighted by Crippen LogP contribution is -2.45. The standard InChI is InChI=1S/C9H12N4O2.ClH/c14-13(15)8-1-2-11-9(3-8)12-6-7-4-10-5-7;/h1-3,7,10H,4-6H2,(H,11,12);1H. The first-order chi connectivity index (χ1) is 7.25. The minimum absolute atomic E-state index is 0. The molecule has 2 rings (SSSR count). The Kier molecular flexibility index (Phi) is 4.45. The molecule has 0 radical (unpaired) electrons. The third kappa shape index (κ3) is 3.04. The highest BCUT2D eigenvalue weighted by Crippen LogP contribution is 2.14. The van der Waals surface area contributed by atoms with Crippen molar-refractivity contribution in [1.29, 1.82) is 0 Å². The zero-order chi connectivity index (χ0) is 10.7. The number of aromatic nitrogens is 1. The lowest BCUT2D eigenvalue weighted by molar-refractivity contribution is -0.384. The second-order valence-electron chi connectivity index (χ2n) is 3.56. The fourth-order valence-corrected chi connectivity index (χ4v) is 1.37.